The van der Waals surface area contributed by atoms with Crippen LogP contribution in [-0.4, -0.2) is 22.9 Å². The van der Waals surface area contributed by atoms with Crippen LogP contribution in [0, 0.1) is 0 Å². The molecule has 2 N–H and O–H groups in total. The molecule has 4 heteroatoms. The number of carbonyl (C=O) groups is 3. The van der Waals surface area contributed by atoms with Crippen molar-refractivity contribution in [3.05, 3.63) is 0 Å². The first-order valence-corrected chi connectivity index (χ1v) is 12.3. The van der Waals surface area contributed by atoms with Crippen molar-refractivity contribution in [1.29, 1.82) is 0 Å². The van der Waals surface area contributed by atoms with Crippen molar-refractivity contribution in [1.82, 2.24) is 0 Å². The van der Waals surface area contributed by atoms with E-state index in [2.05, 4.69) is 20.8 Å². The second-order valence-corrected chi connectivity index (χ2v) is 8.57. The lowest BCUT2D eigenvalue weighted by Gasteiger charge is -2.25. The van der Waals surface area contributed by atoms with Crippen LogP contribution in [0.25, 0.3) is 0 Å². The zero-order chi connectivity index (χ0) is 22.0. The summed E-state index contributed by atoms with van der Waals surface area (Å²) in [6.45, 7) is 6.44. The molecule has 0 rings (SSSR count). The van der Waals surface area contributed by atoms with Crippen LogP contribution in [0.15, 0.2) is 0 Å². The quantitative estimate of drug-likeness (QED) is 0.174. The number of unbranched alkanes of at least 4 members (excludes halogenated alkanes) is 12. The highest BCUT2D eigenvalue weighted by Crippen LogP contribution is 2.20. The highest BCUT2D eigenvalue weighted by molar-refractivity contribution is 6.29. The van der Waals surface area contributed by atoms with E-state index >= 15 is 0 Å². The van der Waals surface area contributed by atoms with Gasteiger partial charge in [0, 0.05) is 19.3 Å². The molecule has 0 heterocycles. The molecule has 0 saturated heterocycles. The van der Waals surface area contributed by atoms with Gasteiger partial charge in [-0.1, -0.05) is 97.8 Å². The highest BCUT2D eigenvalue weighted by Gasteiger charge is 2.46. The van der Waals surface area contributed by atoms with E-state index in [0.717, 1.165) is 77.0 Å². The Bertz CT molecular complexity index is 394. The largest absolute Gasteiger partial charge is 0.307 e. The standard InChI is InChI=1S/C25H47NO3/c1-4-7-10-13-16-19-22(27)25(26,23(28)20-17-14-11-8-5-2)24(29)21-18-15-12-9-6-3/h4-21,26H2,1-3H3. The Labute approximate surface area is 179 Å². The summed E-state index contributed by atoms with van der Waals surface area (Å²) in [6, 6.07) is 0. The number of Topliss-reactive ketones (excluding diaryl/α,β-unsaturated/α-hetero) is 3. The molecule has 0 amide bonds. The minimum absolute atomic E-state index is 0.239. The van der Waals surface area contributed by atoms with Crippen molar-refractivity contribution in [3.8, 4) is 0 Å². The number of rotatable bonds is 21. The Morgan fingerprint density at radius 1 is 0.483 bits per heavy atom. The maximum atomic E-state index is 12.9. The van der Waals surface area contributed by atoms with E-state index in [4.69, 9.17) is 5.73 Å². The van der Waals surface area contributed by atoms with Crippen molar-refractivity contribution >= 4 is 17.3 Å². The van der Waals surface area contributed by atoms with Crippen LogP contribution in [0.5, 0.6) is 0 Å². The molecular weight excluding hydrogens is 362 g/mol. The van der Waals surface area contributed by atoms with E-state index in [1.807, 2.05) is 0 Å². The Morgan fingerprint density at radius 2 is 0.724 bits per heavy atom. The average molecular weight is 410 g/mol. The van der Waals surface area contributed by atoms with Gasteiger partial charge in [0.2, 0.25) is 0 Å². The minimum Gasteiger partial charge on any atom is -0.307 e. The molecule has 0 saturated carbocycles. The molecule has 0 aliphatic carbocycles. The zero-order valence-electron chi connectivity index (χ0n) is 19.5. The minimum atomic E-state index is -1.90. The van der Waals surface area contributed by atoms with Crippen LogP contribution in [0.1, 0.15) is 136 Å². The first-order valence-electron chi connectivity index (χ1n) is 12.3. The molecule has 170 valence electrons. The first-order chi connectivity index (χ1) is 13.9. The van der Waals surface area contributed by atoms with E-state index in [1.54, 1.807) is 0 Å². The van der Waals surface area contributed by atoms with Gasteiger partial charge >= 0.3 is 0 Å². The summed E-state index contributed by atoms with van der Waals surface area (Å²) in [6.07, 6.45) is 15.8. The molecule has 0 aliphatic rings. The third-order valence-electron chi connectivity index (χ3n) is 5.84. The molecule has 0 fully saturated rings. The predicted molar refractivity (Wildman–Crippen MR) is 122 cm³/mol. The zero-order valence-corrected chi connectivity index (χ0v) is 19.5. The fraction of sp³-hybridized carbons (Fsp3) is 0.880. The van der Waals surface area contributed by atoms with Crippen LogP contribution in [0.3, 0.4) is 0 Å². The van der Waals surface area contributed by atoms with E-state index in [9.17, 15) is 14.4 Å². The Morgan fingerprint density at radius 3 is 0.966 bits per heavy atom. The number of carbonyl (C=O) groups excluding carboxylic acids is 3. The molecule has 0 bridgehead atoms. The van der Waals surface area contributed by atoms with Gasteiger partial charge in [-0.25, -0.2) is 0 Å². The van der Waals surface area contributed by atoms with Gasteiger partial charge in [0.1, 0.15) is 0 Å². The monoisotopic (exact) mass is 409 g/mol. The summed E-state index contributed by atoms with van der Waals surface area (Å²) < 4.78 is 0. The maximum absolute atomic E-state index is 12.9. The molecular formula is C25H47NO3. The summed E-state index contributed by atoms with van der Waals surface area (Å²) >= 11 is 0. The number of ketones is 3. The lowest BCUT2D eigenvalue weighted by Crippen LogP contribution is -2.61. The SMILES string of the molecule is CCCCCCCC(=O)C(N)(C(=O)CCCCCCC)C(=O)CCCCCCC. The van der Waals surface area contributed by atoms with Gasteiger partial charge in [0.25, 0.3) is 0 Å². The Kier molecular flexibility index (Phi) is 17.2. The van der Waals surface area contributed by atoms with Crippen LogP contribution in [0.2, 0.25) is 0 Å². The molecule has 0 aromatic heterocycles. The topological polar surface area (TPSA) is 77.2 Å². The van der Waals surface area contributed by atoms with E-state index in [1.165, 1.54) is 0 Å². The third kappa shape index (κ3) is 11.7. The fourth-order valence-corrected chi connectivity index (χ4v) is 3.73. The van der Waals surface area contributed by atoms with Gasteiger partial charge in [-0.15, -0.1) is 0 Å². The van der Waals surface area contributed by atoms with Crippen LogP contribution in [0.4, 0.5) is 0 Å². The van der Waals surface area contributed by atoms with Crippen molar-refractivity contribution in [2.75, 3.05) is 0 Å². The van der Waals surface area contributed by atoms with Gasteiger partial charge in [0.05, 0.1) is 0 Å². The first kappa shape index (κ1) is 28.0. The lowest BCUT2D eigenvalue weighted by molar-refractivity contribution is -0.142. The molecule has 0 atom stereocenters. The van der Waals surface area contributed by atoms with Crippen molar-refractivity contribution < 1.29 is 14.4 Å². The maximum Gasteiger partial charge on any atom is 0.193 e. The summed E-state index contributed by atoms with van der Waals surface area (Å²) in [4.78, 5) is 38.7. The molecule has 0 aromatic carbocycles. The van der Waals surface area contributed by atoms with Gasteiger partial charge < -0.3 is 5.73 Å². The second kappa shape index (κ2) is 17.8. The summed E-state index contributed by atoms with van der Waals surface area (Å²) in [5.41, 5.74) is 4.40. The van der Waals surface area contributed by atoms with Crippen LogP contribution >= 0.6 is 0 Å². The second-order valence-electron chi connectivity index (χ2n) is 8.57. The predicted octanol–water partition coefficient (Wildman–Crippen LogP) is 6.47. The van der Waals surface area contributed by atoms with Gasteiger partial charge in [-0.05, 0) is 19.3 Å². The van der Waals surface area contributed by atoms with E-state index in [-0.39, 0.29) is 36.6 Å². The molecule has 0 radical (unpaired) electrons. The van der Waals surface area contributed by atoms with Gasteiger partial charge in [-0.3, -0.25) is 14.4 Å². The fourth-order valence-electron chi connectivity index (χ4n) is 3.73. The van der Waals surface area contributed by atoms with Gasteiger partial charge in [-0.2, -0.15) is 0 Å². The molecule has 0 aliphatic heterocycles. The molecule has 29 heavy (non-hydrogen) atoms. The molecule has 0 unspecified atom stereocenters. The smallest absolute Gasteiger partial charge is 0.193 e. The van der Waals surface area contributed by atoms with Gasteiger partial charge in [0.15, 0.2) is 22.9 Å². The highest BCUT2D eigenvalue weighted by atomic mass is 16.2. The normalized spacial score (nSPS) is 11.6. The Hall–Kier alpha value is -1.03. The van der Waals surface area contributed by atoms with Crippen molar-refractivity contribution in [2.45, 2.75) is 142 Å². The summed E-state index contributed by atoms with van der Waals surface area (Å²) in [5.74, 6) is -1.07. The summed E-state index contributed by atoms with van der Waals surface area (Å²) in [5, 5.41) is 0. The van der Waals surface area contributed by atoms with E-state index in [0.29, 0.717) is 19.3 Å². The molecule has 4 nitrogen and oxygen atoms in total. The van der Waals surface area contributed by atoms with Crippen LogP contribution in [-0.2, 0) is 14.4 Å². The number of hydrogen-bond acceptors (Lipinski definition) is 4. The lowest BCUT2D eigenvalue weighted by atomic mass is 9.79. The average Bonchev–Trinajstić information content (AvgIpc) is 2.72. The van der Waals surface area contributed by atoms with Crippen molar-refractivity contribution in [3.63, 3.8) is 0 Å². The number of hydrogen-bond donors (Lipinski definition) is 1. The number of nitrogens with two attached hydrogens (primary N) is 1. The summed E-state index contributed by atoms with van der Waals surface area (Å²) in [7, 11) is 0. The Balaban J connectivity index is 4.83. The molecule has 0 spiro atoms. The van der Waals surface area contributed by atoms with E-state index < -0.39 is 5.54 Å². The van der Waals surface area contributed by atoms with Crippen LogP contribution < -0.4 is 5.73 Å². The molecule has 0 aromatic rings. The third-order valence-corrected chi connectivity index (χ3v) is 5.84. The van der Waals surface area contributed by atoms with Crippen molar-refractivity contribution in [2.24, 2.45) is 5.73 Å².